The zero-order valence-electron chi connectivity index (χ0n) is 16.9. The summed E-state index contributed by atoms with van der Waals surface area (Å²) in [5.41, 5.74) is 1.21. The Bertz CT molecular complexity index is 858. The van der Waals surface area contributed by atoms with Crippen molar-refractivity contribution in [3.8, 4) is 0 Å². The van der Waals surface area contributed by atoms with Gasteiger partial charge in [0.2, 0.25) is 10.0 Å². The minimum atomic E-state index is -3.74. The summed E-state index contributed by atoms with van der Waals surface area (Å²) in [5, 5.41) is 0. The molecule has 1 aliphatic carbocycles. The molecule has 1 saturated carbocycles. The largest absolute Gasteiger partial charge is 0.308 e. The Balaban J connectivity index is 1.83. The Morgan fingerprint density at radius 3 is 2.14 bits per heavy atom. The average molecular weight is 429 g/mol. The molecule has 0 radical (unpaired) electrons. The number of likely N-dealkylation sites (N-methyl/N-ethyl adjacent to an activating group) is 1. The lowest BCUT2D eigenvalue weighted by molar-refractivity contribution is 0.293. The lowest BCUT2D eigenvalue weighted by atomic mass is 9.84. The van der Waals surface area contributed by atoms with Gasteiger partial charge in [-0.2, -0.15) is 4.31 Å². The van der Waals surface area contributed by atoms with E-state index in [1.807, 2.05) is 31.1 Å². The number of sulfonamides is 1. The van der Waals surface area contributed by atoms with Crippen molar-refractivity contribution in [2.45, 2.75) is 55.4 Å². The summed E-state index contributed by atoms with van der Waals surface area (Å²) in [6.07, 6.45) is 6.46. The maximum atomic E-state index is 13.3. The van der Waals surface area contributed by atoms with Crippen LogP contribution in [0.2, 0.25) is 0 Å². The number of hydrogen-bond donors (Lipinski definition) is 0. The molecule has 0 aromatic heterocycles. The summed E-state index contributed by atoms with van der Waals surface area (Å²) in [6, 6.07) is 6.81. The van der Waals surface area contributed by atoms with E-state index in [-0.39, 0.29) is 16.4 Å². The molecule has 0 amide bonds. The molecule has 0 spiro atoms. The molecule has 0 N–H and O–H groups in total. The third-order valence-corrected chi connectivity index (χ3v) is 9.66. The fourth-order valence-electron chi connectivity index (χ4n) is 4.28. The molecule has 1 atom stereocenters. The van der Waals surface area contributed by atoms with E-state index in [1.165, 1.54) is 42.0 Å². The van der Waals surface area contributed by atoms with Gasteiger partial charge in [-0.25, -0.2) is 16.8 Å². The van der Waals surface area contributed by atoms with Gasteiger partial charge in [0.25, 0.3) is 0 Å². The second kappa shape index (κ2) is 8.81. The molecule has 1 saturated heterocycles. The number of hydrogen-bond acceptors (Lipinski definition) is 5. The van der Waals surface area contributed by atoms with Crippen molar-refractivity contribution < 1.29 is 16.8 Å². The van der Waals surface area contributed by atoms with Crippen LogP contribution in [0.15, 0.2) is 29.2 Å². The molecule has 0 unspecified atom stereocenters. The van der Waals surface area contributed by atoms with Gasteiger partial charge in [-0.05, 0) is 57.0 Å². The summed E-state index contributed by atoms with van der Waals surface area (Å²) < 4.78 is 52.0. The van der Waals surface area contributed by atoms with E-state index in [2.05, 4.69) is 0 Å². The summed E-state index contributed by atoms with van der Waals surface area (Å²) in [5.74, 6) is 0.502. The van der Waals surface area contributed by atoms with Gasteiger partial charge >= 0.3 is 0 Å². The van der Waals surface area contributed by atoms with E-state index in [0.717, 1.165) is 0 Å². The van der Waals surface area contributed by atoms with Crippen molar-refractivity contribution in [2.75, 3.05) is 38.7 Å². The third kappa shape index (κ3) is 5.14. The third-order valence-electron chi connectivity index (χ3n) is 5.95. The van der Waals surface area contributed by atoms with Crippen LogP contribution < -0.4 is 0 Å². The number of nitrogens with zero attached hydrogens (tertiary/aromatic N) is 2. The van der Waals surface area contributed by atoms with Crippen molar-refractivity contribution >= 4 is 19.9 Å². The second-order valence-electron chi connectivity index (χ2n) is 8.38. The van der Waals surface area contributed by atoms with Gasteiger partial charge in [-0.3, -0.25) is 0 Å². The monoisotopic (exact) mass is 428 g/mol. The minimum Gasteiger partial charge on any atom is -0.308 e. The molecule has 1 aliphatic heterocycles. The molecule has 6 nitrogen and oxygen atoms in total. The lowest BCUT2D eigenvalue weighted by Crippen LogP contribution is -2.44. The van der Waals surface area contributed by atoms with Crippen molar-refractivity contribution in [3.05, 3.63) is 29.8 Å². The van der Waals surface area contributed by atoms with Gasteiger partial charge in [-0.1, -0.05) is 31.4 Å². The van der Waals surface area contributed by atoms with Gasteiger partial charge in [0.1, 0.15) is 0 Å². The van der Waals surface area contributed by atoms with Gasteiger partial charge in [0.15, 0.2) is 9.84 Å². The van der Waals surface area contributed by atoms with Crippen LogP contribution in [0.1, 0.15) is 50.0 Å². The lowest BCUT2D eigenvalue weighted by Gasteiger charge is -2.29. The van der Waals surface area contributed by atoms with E-state index < -0.39 is 25.9 Å². The molecule has 3 rings (SSSR count). The van der Waals surface area contributed by atoms with E-state index in [9.17, 15) is 16.8 Å². The summed E-state index contributed by atoms with van der Waals surface area (Å²) in [6.45, 7) is 0.843. The highest BCUT2D eigenvalue weighted by Gasteiger charge is 2.38. The maximum absolute atomic E-state index is 13.3. The zero-order chi connectivity index (χ0) is 20.4. The van der Waals surface area contributed by atoms with Crippen LogP contribution in [0.3, 0.4) is 0 Å². The van der Waals surface area contributed by atoms with E-state index >= 15 is 0 Å². The molecule has 8 heteroatoms. The fraction of sp³-hybridized carbons (Fsp3) is 0.700. The average Bonchev–Trinajstić information content (AvgIpc) is 3.01. The quantitative estimate of drug-likeness (QED) is 0.667. The highest BCUT2D eigenvalue weighted by molar-refractivity contribution is 7.92. The molecular formula is C20H32N2O4S2. The molecule has 1 aromatic rings. The summed E-state index contributed by atoms with van der Waals surface area (Å²) >= 11 is 0. The molecule has 1 aromatic carbocycles. The Morgan fingerprint density at radius 1 is 0.964 bits per heavy atom. The first-order chi connectivity index (χ1) is 13.2. The predicted octanol–water partition coefficient (Wildman–Crippen LogP) is 2.47. The number of sulfone groups is 1. The smallest absolute Gasteiger partial charge is 0.243 e. The molecule has 28 heavy (non-hydrogen) atoms. The van der Waals surface area contributed by atoms with E-state index in [1.54, 1.807) is 12.1 Å². The highest BCUT2D eigenvalue weighted by Crippen LogP contribution is 2.33. The van der Waals surface area contributed by atoms with Gasteiger partial charge in [0.05, 0.1) is 16.4 Å². The Kier molecular flexibility index (Phi) is 6.84. The maximum Gasteiger partial charge on any atom is 0.243 e. The minimum absolute atomic E-state index is 0.0618. The molecular weight excluding hydrogens is 396 g/mol. The zero-order valence-corrected chi connectivity index (χ0v) is 18.5. The van der Waals surface area contributed by atoms with Crippen LogP contribution >= 0.6 is 0 Å². The van der Waals surface area contributed by atoms with Gasteiger partial charge in [-0.15, -0.1) is 0 Å². The van der Waals surface area contributed by atoms with Crippen LogP contribution in [-0.4, -0.2) is 70.8 Å². The normalized spacial score (nSPS) is 23.5. The highest BCUT2D eigenvalue weighted by atomic mass is 32.2. The molecule has 0 bridgehead atoms. The second-order valence-corrected chi connectivity index (χ2v) is 12.5. The van der Waals surface area contributed by atoms with Gasteiger partial charge < -0.3 is 4.90 Å². The Hall–Kier alpha value is -0.960. The van der Waals surface area contributed by atoms with E-state index in [4.69, 9.17) is 0 Å². The number of benzene rings is 1. The molecule has 1 heterocycles. The summed E-state index contributed by atoms with van der Waals surface area (Å²) in [4.78, 5) is 2.17. The van der Waals surface area contributed by atoms with Gasteiger partial charge in [0, 0.05) is 19.1 Å². The first-order valence-electron chi connectivity index (χ1n) is 10.2. The standard InChI is InChI=1S/C20H32N2O4S2/c1-21(2)13-14-22(19-12-15-27(23,24)16-19)28(25,26)20-10-8-18(9-11-20)17-6-4-3-5-7-17/h8-11,17,19H,3-7,12-16H2,1-2H3/t19-/m1/s1. The van der Waals surface area contributed by atoms with Crippen molar-refractivity contribution in [3.63, 3.8) is 0 Å². The first kappa shape index (κ1) is 21.7. The first-order valence-corrected chi connectivity index (χ1v) is 13.4. The van der Waals surface area contributed by atoms with Crippen LogP contribution in [0, 0.1) is 0 Å². The van der Waals surface area contributed by atoms with Crippen LogP contribution in [0.25, 0.3) is 0 Å². The van der Waals surface area contributed by atoms with Crippen molar-refractivity contribution in [1.29, 1.82) is 0 Å². The van der Waals surface area contributed by atoms with E-state index in [0.29, 0.717) is 25.4 Å². The van der Waals surface area contributed by atoms with Crippen LogP contribution in [0.4, 0.5) is 0 Å². The molecule has 2 aliphatic rings. The van der Waals surface area contributed by atoms with Crippen molar-refractivity contribution in [1.82, 2.24) is 9.21 Å². The SMILES string of the molecule is CN(C)CCN([C@@H]1CCS(=O)(=O)C1)S(=O)(=O)c1ccc(C2CCCCC2)cc1. The molecule has 158 valence electrons. The number of rotatable bonds is 7. The Labute approximate surface area is 169 Å². The Morgan fingerprint density at radius 2 is 1.61 bits per heavy atom. The van der Waals surface area contributed by atoms with Crippen LogP contribution in [0.5, 0.6) is 0 Å². The molecule has 2 fully saturated rings. The van der Waals surface area contributed by atoms with Crippen LogP contribution in [-0.2, 0) is 19.9 Å². The predicted molar refractivity (Wildman–Crippen MR) is 112 cm³/mol. The van der Waals surface area contributed by atoms with Crippen molar-refractivity contribution in [2.24, 2.45) is 0 Å². The topological polar surface area (TPSA) is 74.8 Å². The summed E-state index contributed by atoms with van der Waals surface area (Å²) in [7, 11) is -3.13. The fourth-order valence-corrected chi connectivity index (χ4v) is 7.75.